The predicted molar refractivity (Wildman–Crippen MR) is 67.1 cm³/mol. The summed E-state index contributed by atoms with van der Waals surface area (Å²) in [5, 5.41) is 2.91. The van der Waals surface area contributed by atoms with Gasteiger partial charge in [0.1, 0.15) is 0 Å². The number of nitrogens with zero attached hydrogens (tertiary/aromatic N) is 1. The lowest BCUT2D eigenvalue weighted by molar-refractivity contribution is -0.137. The van der Waals surface area contributed by atoms with Gasteiger partial charge in [0.05, 0.1) is 24.1 Å². The molecular weight excluding hydrogens is 279 g/mol. The van der Waals surface area contributed by atoms with Crippen LogP contribution in [0.4, 0.5) is 18.9 Å². The maximum Gasteiger partial charge on any atom is 0.416 e. The van der Waals surface area contributed by atoms with Crippen LogP contribution in [0.1, 0.15) is 17.0 Å². The molecule has 2 N–H and O–H groups in total. The van der Waals surface area contributed by atoms with E-state index >= 15 is 0 Å². The summed E-state index contributed by atoms with van der Waals surface area (Å²) in [4.78, 5) is 6.95. The monoisotopic (exact) mass is 289 g/mol. The lowest BCUT2D eigenvalue weighted by atomic mass is 10.2. The molecule has 0 amide bonds. The Bertz CT molecular complexity index is 578. The molecule has 0 saturated carbocycles. The molecule has 0 aliphatic rings. The van der Waals surface area contributed by atoms with Crippen LogP contribution in [-0.4, -0.2) is 9.97 Å². The van der Waals surface area contributed by atoms with Gasteiger partial charge < -0.3 is 10.3 Å². The molecule has 0 spiro atoms. The van der Waals surface area contributed by atoms with Crippen molar-refractivity contribution in [3.63, 3.8) is 0 Å². The second-order valence-corrected chi connectivity index (χ2v) is 4.49. The van der Waals surface area contributed by atoms with Gasteiger partial charge in [-0.05, 0) is 25.1 Å². The normalized spacial score (nSPS) is 11.6. The number of anilines is 1. The fraction of sp³-hybridized carbons (Fsp3) is 0.250. The molecule has 2 aromatic rings. The van der Waals surface area contributed by atoms with Crippen molar-refractivity contribution in [3.05, 3.63) is 46.5 Å². The summed E-state index contributed by atoms with van der Waals surface area (Å²) in [5.74, 6) is 0. The molecule has 1 aromatic carbocycles. The Morgan fingerprint density at radius 3 is 2.63 bits per heavy atom. The zero-order chi connectivity index (χ0) is 14.0. The topological polar surface area (TPSA) is 40.7 Å². The van der Waals surface area contributed by atoms with Gasteiger partial charge in [0.25, 0.3) is 0 Å². The predicted octanol–water partition coefficient (Wildman–Crippen LogP) is 4.00. The first-order valence-electron chi connectivity index (χ1n) is 5.47. The number of alkyl halides is 3. The molecule has 0 bridgehead atoms. The van der Waals surface area contributed by atoms with Gasteiger partial charge in [0.2, 0.25) is 0 Å². The highest BCUT2D eigenvalue weighted by Crippen LogP contribution is 2.33. The van der Waals surface area contributed by atoms with Crippen LogP contribution < -0.4 is 5.32 Å². The Balaban J connectivity index is 2.17. The van der Waals surface area contributed by atoms with Gasteiger partial charge in [-0.25, -0.2) is 4.98 Å². The van der Waals surface area contributed by atoms with E-state index < -0.39 is 11.7 Å². The van der Waals surface area contributed by atoms with Gasteiger partial charge in [0, 0.05) is 16.4 Å². The average molecular weight is 290 g/mol. The zero-order valence-corrected chi connectivity index (χ0v) is 10.7. The maximum atomic E-state index is 12.6. The minimum Gasteiger partial charge on any atom is -0.379 e. The lowest BCUT2D eigenvalue weighted by Gasteiger charge is -2.11. The summed E-state index contributed by atoms with van der Waals surface area (Å²) in [6.45, 7) is 2.16. The van der Waals surface area contributed by atoms with E-state index in [-0.39, 0.29) is 5.02 Å². The fourth-order valence-electron chi connectivity index (χ4n) is 1.61. The number of imidazole rings is 1. The molecule has 0 aliphatic heterocycles. The quantitative estimate of drug-likeness (QED) is 0.896. The van der Waals surface area contributed by atoms with E-state index in [0.717, 1.165) is 23.5 Å². The first-order valence-corrected chi connectivity index (χ1v) is 5.84. The van der Waals surface area contributed by atoms with Gasteiger partial charge in [-0.15, -0.1) is 0 Å². The molecule has 1 aromatic heterocycles. The highest BCUT2D eigenvalue weighted by molar-refractivity contribution is 6.30. The van der Waals surface area contributed by atoms with Crippen molar-refractivity contribution in [2.45, 2.75) is 19.6 Å². The second-order valence-electron chi connectivity index (χ2n) is 4.05. The maximum absolute atomic E-state index is 12.6. The van der Waals surface area contributed by atoms with Crippen molar-refractivity contribution in [3.8, 4) is 0 Å². The molecule has 0 saturated heterocycles. The third-order valence-electron chi connectivity index (χ3n) is 2.62. The number of aromatic amines is 1. The highest BCUT2D eigenvalue weighted by Gasteiger charge is 2.31. The SMILES string of the molecule is Cc1[nH]cnc1CNc1cc(Cl)cc(C(F)(F)F)c1. The van der Waals surface area contributed by atoms with E-state index in [1.54, 1.807) is 0 Å². The van der Waals surface area contributed by atoms with Gasteiger partial charge in [0.15, 0.2) is 0 Å². The van der Waals surface area contributed by atoms with E-state index in [2.05, 4.69) is 15.3 Å². The largest absolute Gasteiger partial charge is 0.416 e. The Hall–Kier alpha value is -1.69. The lowest BCUT2D eigenvalue weighted by Crippen LogP contribution is -2.07. The second kappa shape index (κ2) is 5.13. The number of aromatic nitrogens is 2. The average Bonchev–Trinajstić information content (AvgIpc) is 2.70. The zero-order valence-electron chi connectivity index (χ0n) is 9.98. The summed E-state index contributed by atoms with van der Waals surface area (Å²) in [6.07, 6.45) is -2.88. The van der Waals surface area contributed by atoms with Crippen LogP contribution in [0.15, 0.2) is 24.5 Å². The fourth-order valence-corrected chi connectivity index (χ4v) is 1.84. The number of nitrogens with one attached hydrogen (secondary N) is 2. The van der Waals surface area contributed by atoms with E-state index in [1.165, 1.54) is 12.4 Å². The molecule has 2 rings (SSSR count). The number of aryl methyl sites for hydroxylation is 1. The number of hydrogen-bond donors (Lipinski definition) is 2. The first-order chi connectivity index (χ1) is 8.86. The van der Waals surface area contributed by atoms with E-state index in [9.17, 15) is 13.2 Å². The van der Waals surface area contributed by atoms with Crippen LogP contribution in [0, 0.1) is 6.92 Å². The first kappa shape index (κ1) is 13.7. The van der Waals surface area contributed by atoms with Crippen molar-refractivity contribution in [2.24, 2.45) is 0 Å². The molecule has 0 fully saturated rings. The van der Waals surface area contributed by atoms with Crippen molar-refractivity contribution >= 4 is 17.3 Å². The summed E-state index contributed by atoms with van der Waals surface area (Å²) in [7, 11) is 0. The highest BCUT2D eigenvalue weighted by atomic mass is 35.5. The summed E-state index contributed by atoms with van der Waals surface area (Å²) < 4.78 is 37.9. The van der Waals surface area contributed by atoms with E-state index in [1.807, 2.05) is 6.92 Å². The van der Waals surface area contributed by atoms with Crippen LogP contribution in [0.3, 0.4) is 0 Å². The third kappa shape index (κ3) is 3.41. The van der Waals surface area contributed by atoms with Gasteiger partial charge in [-0.2, -0.15) is 13.2 Å². The number of benzene rings is 1. The minimum atomic E-state index is -4.41. The van der Waals surface area contributed by atoms with Crippen molar-refractivity contribution in [1.82, 2.24) is 9.97 Å². The molecule has 3 nitrogen and oxygen atoms in total. The van der Waals surface area contributed by atoms with Gasteiger partial charge >= 0.3 is 6.18 Å². The standard InChI is InChI=1S/C12H11ClF3N3/c1-7-11(19-6-18-7)5-17-10-3-8(12(14,15)16)2-9(13)4-10/h2-4,6,17H,5H2,1H3,(H,18,19). The van der Waals surface area contributed by atoms with Gasteiger partial charge in [-0.3, -0.25) is 0 Å². The number of rotatable bonds is 3. The molecule has 0 atom stereocenters. The Labute approximate surface area is 112 Å². The number of hydrogen-bond acceptors (Lipinski definition) is 2. The molecular formula is C12H11ClF3N3. The Morgan fingerprint density at radius 1 is 1.32 bits per heavy atom. The summed E-state index contributed by atoms with van der Waals surface area (Å²) in [6, 6.07) is 3.36. The molecule has 7 heteroatoms. The molecule has 0 unspecified atom stereocenters. The van der Waals surface area contributed by atoms with Crippen LogP contribution in [0.2, 0.25) is 5.02 Å². The minimum absolute atomic E-state index is 0.0380. The van der Waals surface area contributed by atoms with Crippen LogP contribution in [0.5, 0.6) is 0 Å². The molecule has 0 aliphatic carbocycles. The van der Waals surface area contributed by atoms with E-state index in [0.29, 0.717) is 12.2 Å². The van der Waals surface area contributed by atoms with Crippen LogP contribution in [0.25, 0.3) is 0 Å². The smallest absolute Gasteiger partial charge is 0.379 e. The summed E-state index contributed by atoms with van der Waals surface area (Å²) in [5.41, 5.74) is 1.14. The third-order valence-corrected chi connectivity index (χ3v) is 2.84. The molecule has 102 valence electrons. The van der Waals surface area contributed by atoms with Crippen molar-refractivity contribution in [1.29, 1.82) is 0 Å². The van der Waals surface area contributed by atoms with Crippen LogP contribution >= 0.6 is 11.6 Å². The van der Waals surface area contributed by atoms with E-state index in [4.69, 9.17) is 11.6 Å². The molecule has 0 radical (unpaired) electrons. The number of H-pyrrole nitrogens is 1. The molecule has 1 heterocycles. The summed E-state index contributed by atoms with van der Waals surface area (Å²) >= 11 is 5.69. The van der Waals surface area contributed by atoms with Gasteiger partial charge in [-0.1, -0.05) is 11.6 Å². The Kier molecular flexibility index (Phi) is 3.71. The van der Waals surface area contributed by atoms with Crippen molar-refractivity contribution in [2.75, 3.05) is 5.32 Å². The molecule has 19 heavy (non-hydrogen) atoms. The van der Waals surface area contributed by atoms with Crippen molar-refractivity contribution < 1.29 is 13.2 Å². The van der Waals surface area contributed by atoms with Crippen LogP contribution in [-0.2, 0) is 12.7 Å². The number of halogens is 4. The Morgan fingerprint density at radius 2 is 2.05 bits per heavy atom.